The largest absolute Gasteiger partial charge is 0.422 e. The van der Waals surface area contributed by atoms with E-state index in [9.17, 15) is 5.26 Å². The Morgan fingerprint density at radius 2 is 1.93 bits per heavy atom. The summed E-state index contributed by atoms with van der Waals surface area (Å²) < 4.78 is 9.78. The van der Waals surface area contributed by atoms with Crippen LogP contribution in [-0.2, 0) is 5.41 Å². The van der Waals surface area contributed by atoms with E-state index < -0.39 is 0 Å². The van der Waals surface area contributed by atoms with Gasteiger partial charge in [-0.2, -0.15) is 15.5 Å². The van der Waals surface area contributed by atoms with Crippen molar-refractivity contribution in [3.63, 3.8) is 0 Å². The van der Waals surface area contributed by atoms with E-state index in [-0.39, 0.29) is 17.2 Å². The van der Waals surface area contributed by atoms with Gasteiger partial charge < -0.3 is 10.5 Å². The van der Waals surface area contributed by atoms with Crippen molar-refractivity contribution in [2.45, 2.75) is 51.0 Å². The van der Waals surface area contributed by atoms with Gasteiger partial charge in [0.1, 0.15) is 11.6 Å². The number of ether oxygens (including phenoxy) is 1. The summed E-state index contributed by atoms with van der Waals surface area (Å²) in [7, 11) is 0. The van der Waals surface area contributed by atoms with E-state index >= 15 is 0 Å². The van der Waals surface area contributed by atoms with Crippen molar-refractivity contribution in [2.75, 3.05) is 0 Å². The van der Waals surface area contributed by atoms with E-state index in [4.69, 9.17) is 15.6 Å². The van der Waals surface area contributed by atoms with Gasteiger partial charge in [-0.3, -0.25) is 0 Å². The molecular formula is C23H24N6O. The Hall–Kier alpha value is -3.53. The molecule has 30 heavy (non-hydrogen) atoms. The lowest BCUT2D eigenvalue weighted by atomic mass is 9.79. The molecular weight excluding hydrogens is 376 g/mol. The molecule has 3 heterocycles. The predicted molar refractivity (Wildman–Crippen MR) is 112 cm³/mol. The van der Waals surface area contributed by atoms with Gasteiger partial charge in [-0.25, -0.2) is 9.36 Å². The quantitative estimate of drug-likeness (QED) is 0.719. The van der Waals surface area contributed by atoms with Crippen molar-refractivity contribution < 1.29 is 4.74 Å². The molecule has 1 unspecified atom stereocenters. The van der Waals surface area contributed by atoms with Crippen molar-refractivity contribution in [3.05, 3.63) is 71.0 Å². The molecule has 2 N–H and O–H groups in total. The van der Waals surface area contributed by atoms with Crippen LogP contribution < -0.4 is 10.5 Å². The first kappa shape index (κ1) is 18.5. The zero-order valence-corrected chi connectivity index (χ0v) is 17.3. The fourth-order valence-corrected chi connectivity index (χ4v) is 4.05. The highest BCUT2D eigenvalue weighted by Gasteiger charge is 2.42. The summed E-state index contributed by atoms with van der Waals surface area (Å²) >= 11 is 0. The Labute approximate surface area is 175 Å². The molecule has 1 aliphatic carbocycles. The minimum atomic E-state index is -0.313. The lowest BCUT2D eigenvalue weighted by Crippen LogP contribution is -2.24. The molecule has 1 saturated carbocycles. The van der Waals surface area contributed by atoms with Crippen molar-refractivity contribution in [2.24, 2.45) is 5.73 Å². The van der Waals surface area contributed by atoms with Crippen molar-refractivity contribution in [1.29, 1.82) is 5.26 Å². The molecule has 7 heteroatoms. The number of nitrogens with two attached hydrogens (primary N) is 1. The van der Waals surface area contributed by atoms with Crippen LogP contribution in [0.25, 0.3) is 5.69 Å². The Kier molecular flexibility index (Phi) is 4.00. The summed E-state index contributed by atoms with van der Waals surface area (Å²) in [4.78, 5) is 0. The van der Waals surface area contributed by atoms with Crippen LogP contribution in [0.3, 0.4) is 0 Å². The summed E-state index contributed by atoms with van der Waals surface area (Å²) in [5, 5.41) is 19.2. The van der Waals surface area contributed by atoms with Crippen LogP contribution >= 0.6 is 0 Å². The standard InChI is InChI=1S/C23H24N6O/c1-23(2,3)20-19-18(14-5-7-15(8-6-14)28-12-4-11-26-28)17(13-24)21(25)30-22(19)29(27-20)16-9-10-16/h4-8,11-12,16,18H,9-10,25H2,1-3H3. The molecule has 0 amide bonds. The summed E-state index contributed by atoms with van der Waals surface area (Å²) in [5.41, 5.74) is 10.3. The summed E-state index contributed by atoms with van der Waals surface area (Å²) in [6, 6.07) is 12.6. The molecule has 0 saturated heterocycles. The minimum absolute atomic E-state index is 0.161. The second kappa shape index (κ2) is 6.49. The Bertz CT molecular complexity index is 1170. The van der Waals surface area contributed by atoms with Gasteiger partial charge in [0.15, 0.2) is 0 Å². The number of rotatable bonds is 3. The first-order valence-electron chi connectivity index (χ1n) is 10.2. The average Bonchev–Trinajstić information content (AvgIpc) is 3.25. The van der Waals surface area contributed by atoms with Gasteiger partial charge in [0.2, 0.25) is 11.8 Å². The molecule has 152 valence electrons. The fraction of sp³-hybridized carbons (Fsp3) is 0.348. The highest BCUT2D eigenvalue weighted by atomic mass is 16.5. The van der Waals surface area contributed by atoms with Crippen LogP contribution in [0.5, 0.6) is 5.88 Å². The molecule has 0 radical (unpaired) electrons. The molecule has 3 aromatic rings. The zero-order chi connectivity index (χ0) is 21.0. The maximum Gasteiger partial charge on any atom is 0.224 e. The molecule has 1 atom stereocenters. The van der Waals surface area contributed by atoms with Crippen LogP contribution in [0, 0.1) is 11.3 Å². The number of hydrogen-bond acceptors (Lipinski definition) is 5. The summed E-state index contributed by atoms with van der Waals surface area (Å²) in [5.74, 6) is 0.528. The SMILES string of the molecule is CC(C)(C)c1nn(C2CC2)c2c1C(c1ccc(-n3cccn3)cc1)C(C#N)=C(N)O2. The Balaban J connectivity index is 1.69. The van der Waals surface area contributed by atoms with E-state index in [0.29, 0.717) is 17.5 Å². The third kappa shape index (κ3) is 2.88. The lowest BCUT2D eigenvalue weighted by Gasteiger charge is -2.27. The minimum Gasteiger partial charge on any atom is -0.422 e. The van der Waals surface area contributed by atoms with Crippen LogP contribution in [0.4, 0.5) is 0 Å². The van der Waals surface area contributed by atoms with Gasteiger partial charge >= 0.3 is 0 Å². The number of nitrogens with zero attached hydrogens (tertiary/aromatic N) is 5. The highest BCUT2D eigenvalue weighted by Crippen LogP contribution is 2.50. The van der Waals surface area contributed by atoms with Crippen LogP contribution in [0.15, 0.2) is 54.2 Å². The monoisotopic (exact) mass is 400 g/mol. The van der Waals surface area contributed by atoms with E-state index in [2.05, 4.69) is 31.9 Å². The van der Waals surface area contributed by atoms with E-state index in [1.54, 1.807) is 10.9 Å². The van der Waals surface area contributed by atoms with E-state index in [1.165, 1.54) is 0 Å². The second-order valence-electron chi connectivity index (χ2n) is 8.96. The first-order valence-corrected chi connectivity index (χ1v) is 10.2. The van der Waals surface area contributed by atoms with Crippen molar-refractivity contribution >= 4 is 0 Å². The topological polar surface area (TPSA) is 94.7 Å². The van der Waals surface area contributed by atoms with Gasteiger partial charge in [0.05, 0.1) is 28.9 Å². The van der Waals surface area contributed by atoms with Gasteiger partial charge in [0, 0.05) is 17.8 Å². The zero-order valence-electron chi connectivity index (χ0n) is 17.3. The van der Waals surface area contributed by atoms with Crippen LogP contribution in [-0.4, -0.2) is 19.6 Å². The predicted octanol–water partition coefficient (Wildman–Crippen LogP) is 3.92. The fourth-order valence-electron chi connectivity index (χ4n) is 4.05. The lowest BCUT2D eigenvalue weighted by molar-refractivity contribution is 0.347. The van der Waals surface area contributed by atoms with Gasteiger partial charge in [-0.05, 0) is 36.6 Å². The normalized spacial score (nSPS) is 18.7. The first-order chi connectivity index (χ1) is 14.4. The van der Waals surface area contributed by atoms with Crippen LogP contribution in [0.2, 0.25) is 0 Å². The van der Waals surface area contributed by atoms with E-state index in [1.807, 2.05) is 41.2 Å². The summed E-state index contributed by atoms with van der Waals surface area (Å²) in [6.45, 7) is 6.41. The van der Waals surface area contributed by atoms with E-state index in [0.717, 1.165) is 35.3 Å². The number of hydrogen-bond donors (Lipinski definition) is 1. The maximum atomic E-state index is 9.94. The molecule has 1 fully saturated rings. The Morgan fingerprint density at radius 1 is 1.20 bits per heavy atom. The number of benzene rings is 1. The van der Waals surface area contributed by atoms with Gasteiger partial charge in [0.25, 0.3) is 0 Å². The number of fused-ring (bicyclic) bond motifs is 1. The molecule has 2 aliphatic rings. The van der Waals surface area contributed by atoms with Crippen molar-refractivity contribution in [3.8, 4) is 17.6 Å². The second-order valence-corrected chi connectivity index (χ2v) is 8.96. The number of aromatic nitrogens is 4. The Morgan fingerprint density at radius 3 is 2.50 bits per heavy atom. The molecule has 0 spiro atoms. The molecule has 2 aromatic heterocycles. The molecule has 0 bridgehead atoms. The molecule has 7 nitrogen and oxygen atoms in total. The number of allylic oxidation sites excluding steroid dienone is 1. The van der Waals surface area contributed by atoms with Gasteiger partial charge in [-0.1, -0.05) is 32.9 Å². The smallest absolute Gasteiger partial charge is 0.224 e. The van der Waals surface area contributed by atoms with Gasteiger partial charge in [-0.15, -0.1) is 0 Å². The molecule has 5 rings (SSSR count). The van der Waals surface area contributed by atoms with Crippen LogP contribution in [0.1, 0.15) is 62.4 Å². The summed E-state index contributed by atoms with van der Waals surface area (Å²) in [6.07, 6.45) is 5.81. The molecule has 1 aromatic carbocycles. The maximum absolute atomic E-state index is 9.94. The third-order valence-corrected chi connectivity index (χ3v) is 5.67. The van der Waals surface area contributed by atoms with Crippen molar-refractivity contribution in [1.82, 2.24) is 19.6 Å². The third-order valence-electron chi connectivity index (χ3n) is 5.67. The average molecular weight is 400 g/mol. The number of nitriles is 1. The molecule has 1 aliphatic heterocycles. The highest BCUT2D eigenvalue weighted by molar-refractivity contribution is 5.57.